The Kier molecular flexibility index (Phi) is 3.70. The minimum atomic E-state index is 0.581. The Labute approximate surface area is 94.8 Å². The Morgan fingerprint density at radius 3 is 3.13 bits per heavy atom. The second kappa shape index (κ2) is 5.03. The number of rotatable bonds is 3. The van der Waals surface area contributed by atoms with E-state index >= 15 is 0 Å². The molecular weight excluding hydrogens is 208 g/mol. The molecule has 0 aromatic carbocycles. The zero-order valence-electron chi connectivity index (χ0n) is 9.06. The quantitative estimate of drug-likeness (QED) is 0.860. The Morgan fingerprint density at radius 1 is 1.60 bits per heavy atom. The van der Waals surface area contributed by atoms with E-state index in [0.717, 1.165) is 17.7 Å². The molecule has 1 aromatic heterocycles. The van der Waals surface area contributed by atoms with E-state index in [2.05, 4.69) is 11.9 Å². The first-order valence-corrected chi connectivity index (χ1v) is 6.43. The molecule has 0 saturated heterocycles. The van der Waals surface area contributed by atoms with Crippen LogP contribution in [0.25, 0.3) is 0 Å². The van der Waals surface area contributed by atoms with Crippen LogP contribution in [0.5, 0.6) is 0 Å². The fourth-order valence-electron chi connectivity index (χ4n) is 2.20. The summed E-state index contributed by atoms with van der Waals surface area (Å²) >= 11 is 1.75. The van der Waals surface area contributed by atoms with Crippen LogP contribution >= 0.6 is 11.8 Å². The van der Waals surface area contributed by atoms with E-state index in [1.807, 2.05) is 0 Å². The standard InChI is InChI=1S/C11H18N2OS/c1-8-2-3-9(7-12)10(6-8)15-11-13-4-5-14-11/h4-5,8-10H,2-3,6-7,12H2,1H3. The van der Waals surface area contributed by atoms with Crippen molar-refractivity contribution in [3.05, 3.63) is 12.5 Å². The number of hydrogen-bond acceptors (Lipinski definition) is 4. The van der Waals surface area contributed by atoms with Crippen LogP contribution in [0.15, 0.2) is 22.1 Å². The molecule has 3 nitrogen and oxygen atoms in total. The number of nitrogens with zero attached hydrogens (tertiary/aromatic N) is 1. The summed E-state index contributed by atoms with van der Waals surface area (Å²) in [5.74, 6) is 1.43. The second-order valence-electron chi connectivity index (χ2n) is 4.37. The molecule has 1 aliphatic carbocycles. The molecule has 1 aliphatic rings. The van der Waals surface area contributed by atoms with Crippen molar-refractivity contribution >= 4 is 11.8 Å². The number of aromatic nitrogens is 1. The Morgan fingerprint density at radius 2 is 2.47 bits per heavy atom. The number of oxazole rings is 1. The lowest BCUT2D eigenvalue weighted by molar-refractivity contribution is 0.304. The predicted octanol–water partition coefficient (Wildman–Crippen LogP) is 2.53. The fourth-order valence-corrected chi connectivity index (χ4v) is 3.56. The summed E-state index contributed by atoms with van der Waals surface area (Å²) < 4.78 is 5.28. The van der Waals surface area contributed by atoms with Crippen molar-refractivity contribution in [1.29, 1.82) is 0 Å². The van der Waals surface area contributed by atoms with E-state index in [9.17, 15) is 0 Å². The molecular formula is C11H18N2OS. The van der Waals surface area contributed by atoms with Crippen LogP contribution in [0.1, 0.15) is 26.2 Å². The van der Waals surface area contributed by atoms with Crippen molar-refractivity contribution in [2.75, 3.05) is 6.54 Å². The van der Waals surface area contributed by atoms with Gasteiger partial charge >= 0.3 is 0 Å². The summed E-state index contributed by atoms with van der Waals surface area (Å²) in [5, 5.41) is 1.37. The molecule has 15 heavy (non-hydrogen) atoms. The fraction of sp³-hybridized carbons (Fsp3) is 0.727. The van der Waals surface area contributed by atoms with Gasteiger partial charge in [0.15, 0.2) is 0 Å². The molecule has 0 radical (unpaired) electrons. The predicted molar refractivity (Wildman–Crippen MR) is 61.7 cm³/mol. The highest BCUT2D eigenvalue weighted by atomic mass is 32.2. The maximum atomic E-state index is 5.80. The number of hydrogen-bond donors (Lipinski definition) is 1. The highest BCUT2D eigenvalue weighted by Crippen LogP contribution is 2.38. The van der Waals surface area contributed by atoms with Gasteiger partial charge in [0.05, 0.1) is 6.20 Å². The maximum Gasteiger partial charge on any atom is 0.255 e. The summed E-state index contributed by atoms with van der Waals surface area (Å²) in [6.07, 6.45) is 7.12. The van der Waals surface area contributed by atoms with E-state index in [1.54, 1.807) is 24.2 Å². The van der Waals surface area contributed by atoms with Gasteiger partial charge in [0.25, 0.3) is 5.22 Å². The van der Waals surface area contributed by atoms with Gasteiger partial charge in [-0.15, -0.1) is 0 Å². The lowest BCUT2D eigenvalue weighted by atomic mass is 9.82. The minimum absolute atomic E-state index is 0.581. The van der Waals surface area contributed by atoms with E-state index < -0.39 is 0 Å². The zero-order chi connectivity index (χ0) is 10.7. The van der Waals surface area contributed by atoms with Crippen molar-refractivity contribution in [1.82, 2.24) is 4.98 Å². The molecule has 3 unspecified atom stereocenters. The average Bonchev–Trinajstić information content (AvgIpc) is 2.71. The van der Waals surface area contributed by atoms with E-state index in [4.69, 9.17) is 10.2 Å². The van der Waals surface area contributed by atoms with Gasteiger partial charge in [0.1, 0.15) is 6.26 Å². The van der Waals surface area contributed by atoms with Crippen LogP contribution in [0.2, 0.25) is 0 Å². The highest BCUT2D eigenvalue weighted by Gasteiger charge is 2.29. The molecule has 2 rings (SSSR count). The summed E-state index contributed by atoms with van der Waals surface area (Å²) in [7, 11) is 0. The average molecular weight is 226 g/mol. The van der Waals surface area contributed by atoms with Crippen molar-refractivity contribution < 1.29 is 4.42 Å². The smallest absolute Gasteiger partial charge is 0.255 e. The Bertz CT molecular complexity index is 289. The van der Waals surface area contributed by atoms with E-state index in [-0.39, 0.29) is 0 Å². The summed E-state index contributed by atoms with van der Waals surface area (Å²) in [6, 6.07) is 0. The van der Waals surface area contributed by atoms with E-state index in [1.165, 1.54) is 19.3 Å². The van der Waals surface area contributed by atoms with Crippen LogP contribution < -0.4 is 5.73 Å². The molecule has 1 fully saturated rings. The van der Waals surface area contributed by atoms with Gasteiger partial charge in [-0.25, -0.2) is 4.98 Å². The SMILES string of the molecule is CC1CCC(CN)C(Sc2ncco2)C1. The monoisotopic (exact) mass is 226 g/mol. The van der Waals surface area contributed by atoms with E-state index in [0.29, 0.717) is 11.2 Å². The number of thioether (sulfide) groups is 1. The molecule has 0 bridgehead atoms. The van der Waals surface area contributed by atoms with Gasteiger partial charge in [0.2, 0.25) is 0 Å². The molecule has 0 spiro atoms. The highest BCUT2D eigenvalue weighted by molar-refractivity contribution is 7.99. The van der Waals surface area contributed by atoms with Crippen LogP contribution in [0, 0.1) is 11.8 Å². The number of nitrogens with two attached hydrogens (primary N) is 1. The van der Waals surface area contributed by atoms with Crippen LogP contribution in [0.4, 0.5) is 0 Å². The first kappa shape index (κ1) is 11.0. The van der Waals surface area contributed by atoms with Crippen LogP contribution in [0.3, 0.4) is 0 Å². The summed E-state index contributed by atoms with van der Waals surface area (Å²) in [6.45, 7) is 3.10. The summed E-state index contributed by atoms with van der Waals surface area (Å²) in [5.41, 5.74) is 5.80. The third kappa shape index (κ3) is 2.75. The van der Waals surface area contributed by atoms with Gasteiger partial charge in [-0.3, -0.25) is 0 Å². The third-order valence-electron chi connectivity index (χ3n) is 3.16. The summed E-state index contributed by atoms with van der Waals surface area (Å²) in [4.78, 5) is 4.16. The van der Waals surface area contributed by atoms with Crippen molar-refractivity contribution in [2.45, 2.75) is 36.7 Å². The Balaban J connectivity index is 1.98. The Hall–Kier alpha value is -0.480. The van der Waals surface area contributed by atoms with Crippen molar-refractivity contribution in [3.63, 3.8) is 0 Å². The molecule has 2 N–H and O–H groups in total. The lowest BCUT2D eigenvalue weighted by Gasteiger charge is -2.32. The van der Waals surface area contributed by atoms with Crippen LogP contribution in [-0.2, 0) is 0 Å². The first-order valence-electron chi connectivity index (χ1n) is 5.55. The molecule has 1 heterocycles. The molecule has 1 aromatic rings. The van der Waals surface area contributed by atoms with Gasteiger partial charge in [0, 0.05) is 5.25 Å². The van der Waals surface area contributed by atoms with Crippen molar-refractivity contribution in [2.24, 2.45) is 17.6 Å². The molecule has 1 saturated carbocycles. The van der Waals surface area contributed by atoms with Crippen molar-refractivity contribution in [3.8, 4) is 0 Å². The molecule has 84 valence electrons. The van der Waals surface area contributed by atoms with Crippen LogP contribution in [-0.4, -0.2) is 16.8 Å². The van der Waals surface area contributed by atoms with Gasteiger partial charge in [-0.2, -0.15) is 0 Å². The van der Waals surface area contributed by atoms with Gasteiger partial charge < -0.3 is 10.2 Å². The first-order chi connectivity index (χ1) is 7.29. The lowest BCUT2D eigenvalue weighted by Crippen LogP contribution is -2.31. The minimum Gasteiger partial charge on any atom is -0.440 e. The third-order valence-corrected chi connectivity index (χ3v) is 4.44. The molecule has 0 amide bonds. The molecule has 4 heteroatoms. The van der Waals surface area contributed by atoms with Gasteiger partial charge in [-0.1, -0.05) is 25.1 Å². The topological polar surface area (TPSA) is 52.0 Å². The maximum absolute atomic E-state index is 5.80. The normalized spacial score (nSPS) is 31.7. The zero-order valence-corrected chi connectivity index (χ0v) is 9.87. The second-order valence-corrected chi connectivity index (χ2v) is 5.56. The largest absolute Gasteiger partial charge is 0.440 e. The molecule has 0 aliphatic heterocycles. The molecule has 3 atom stereocenters. The van der Waals surface area contributed by atoms with Gasteiger partial charge in [-0.05, 0) is 31.2 Å².